The fourth-order valence-electron chi connectivity index (χ4n) is 10.00. The summed E-state index contributed by atoms with van der Waals surface area (Å²) in [4.78, 5) is 2.31. The second-order valence-corrected chi connectivity index (χ2v) is 16.7. The topological polar surface area (TPSA) is 29.5 Å². The molecule has 0 radical (unpaired) electrons. The molecule has 0 bridgehead atoms. The quantitative estimate of drug-likeness (QED) is 0.175. The van der Waals surface area contributed by atoms with E-state index in [1.54, 1.807) is 0 Å². The van der Waals surface area contributed by atoms with Crippen molar-refractivity contribution >= 4 is 92.4 Å². The molecule has 3 aromatic heterocycles. The number of fused-ring (bicyclic) bond motifs is 12. The van der Waals surface area contributed by atoms with Crippen molar-refractivity contribution in [1.29, 1.82) is 0 Å². The van der Waals surface area contributed by atoms with E-state index in [0.29, 0.717) is 0 Å². The van der Waals surface area contributed by atoms with Crippen LogP contribution >= 0.6 is 11.3 Å². The molecule has 0 spiro atoms. The molecule has 59 heavy (non-hydrogen) atoms. The van der Waals surface area contributed by atoms with Crippen LogP contribution in [-0.4, -0.2) is 0 Å². The maximum atomic E-state index is 6.45. The van der Waals surface area contributed by atoms with Crippen molar-refractivity contribution in [2.45, 2.75) is 5.41 Å². The van der Waals surface area contributed by atoms with Gasteiger partial charge >= 0.3 is 0 Å². The maximum absolute atomic E-state index is 6.45. The van der Waals surface area contributed by atoms with Crippen molar-refractivity contribution in [2.24, 2.45) is 0 Å². The number of thiophene rings is 1. The Balaban J connectivity index is 1.03. The second-order valence-electron chi connectivity index (χ2n) is 15.6. The van der Waals surface area contributed by atoms with E-state index in [1.807, 2.05) is 35.6 Å². The van der Waals surface area contributed by atoms with Crippen LogP contribution in [0.3, 0.4) is 0 Å². The van der Waals surface area contributed by atoms with Gasteiger partial charge in [-0.25, -0.2) is 0 Å². The molecule has 276 valence electrons. The molecular weight excluding hydrogens is 739 g/mol. The van der Waals surface area contributed by atoms with Gasteiger partial charge in [-0.2, -0.15) is 0 Å². The molecule has 12 aromatic rings. The zero-order chi connectivity index (χ0) is 38.7. The Morgan fingerprint density at radius 2 is 0.797 bits per heavy atom. The van der Waals surface area contributed by atoms with E-state index < -0.39 is 5.41 Å². The molecule has 3 heterocycles. The zero-order valence-corrected chi connectivity index (χ0v) is 32.5. The van der Waals surface area contributed by atoms with Crippen LogP contribution in [0.1, 0.15) is 22.3 Å². The lowest BCUT2D eigenvalue weighted by Gasteiger charge is -2.34. The fraction of sp³-hybridized carbons (Fsp3) is 0.0182. The Kier molecular flexibility index (Phi) is 6.81. The van der Waals surface area contributed by atoms with Crippen LogP contribution in [0.5, 0.6) is 0 Å². The van der Waals surface area contributed by atoms with Crippen molar-refractivity contribution < 1.29 is 8.83 Å². The van der Waals surface area contributed by atoms with Crippen LogP contribution in [-0.2, 0) is 5.41 Å². The minimum Gasteiger partial charge on any atom is -0.456 e. The predicted octanol–water partition coefficient (Wildman–Crippen LogP) is 15.7. The Bertz CT molecular complexity index is 3480. The summed E-state index contributed by atoms with van der Waals surface area (Å²) in [6.07, 6.45) is 0. The number of para-hydroxylation sites is 2. The number of hydrogen-bond acceptors (Lipinski definition) is 4. The third-order valence-corrected chi connectivity index (χ3v) is 13.7. The van der Waals surface area contributed by atoms with Gasteiger partial charge in [-0.1, -0.05) is 127 Å². The van der Waals surface area contributed by atoms with Crippen molar-refractivity contribution in [1.82, 2.24) is 0 Å². The monoisotopic (exact) mass is 771 g/mol. The molecule has 0 saturated heterocycles. The Hall–Kier alpha value is -7.40. The Labute approximate surface area is 343 Å². The van der Waals surface area contributed by atoms with Crippen molar-refractivity contribution in [2.75, 3.05) is 4.90 Å². The first-order valence-electron chi connectivity index (χ1n) is 20.1. The van der Waals surface area contributed by atoms with Crippen LogP contribution in [0.2, 0.25) is 0 Å². The Morgan fingerprint density at radius 1 is 0.339 bits per heavy atom. The summed E-state index contributed by atoms with van der Waals surface area (Å²) in [6.45, 7) is 0. The standard InChI is InChI=1S/C55H33NO2S/c1-6-16-47-39(11-1)40-12-2-7-17-48(40)55(47,35-23-28-46-45-15-5-10-20-53(45)59-54(46)31-35)34-21-24-36(25-22-34)56(37-26-29-43-41-13-3-8-18-49(41)57-51(43)32-37)38-27-30-44-42-14-4-9-19-50(42)58-52(44)33-38/h1-33H. The van der Waals surface area contributed by atoms with Gasteiger partial charge in [-0.05, 0) is 94.0 Å². The maximum Gasteiger partial charge on any atom is 0.137 e. The summed E-state index contributed by atoms with van der Waals surface area (Å²) in [5, 5.41) is 7.05. The highest BCUT2D eigenvalue weighted by atomic mass is 32.1. The lowest BCUT2D eigenvalue weighted by atomic mass is 9.67. The summed E-state index contributed by atoms with van der Waals surface area (Å²) in [7, 11) is 0. The summed E-state index contributed by atoms with van der Waals surface area (Å²) in [6, 6.07) is 72.7. The van der Waals surface area contributed by atoms with Crippen LogP contribution < -0.4 is 4.90 Å². The second kappa shape index (κ2) is 12.3. The van der Waals surface area contributed by atoms with Crippen molar-refractivity contribution in [3.63, 3.8) is 0 Å². The lowest BCUT2D eigenvalue weighted by Crippen LogP contribution is -2.28. The van der Waals surface area contributed by atoms with E-state index in [-0.39, 0.29) is 0 Å². The third-order valence-electron chi connectivity index (χ3n) is 12.6. The molecular formula is C55H33NO2S. The number of hydrogen-bond donors (Lipinski definition) is 0. The number of rotatable bonds is 5. The minimum absolute atomic E-state index is 0.527. The summed E-state index contributed by atoms with van der Waals surface area (Å²) < 4.78 is 15.5. The van der Waals surface area contributed by atoms with E-state index in [4.69, 9.17) is 8.83 Å². The molecule has 0 N–H and O–H groups in total. The highest BCUT2D eigenvalue weighted by molar-refractivity contribution is 7.25. The van der Waals surface area contributed by atoms with Gasteiger partial charge < -0.3 is 13.7 Å². The minimum atomic E-state index is -0.527. The first-order valence-corrected chi connectivity index (χ1v) is 20.9. The van der Waals surface area contributed by atoms with E-state index in [1.165, 1.54) is 53.6 Å². The molecule has 0 aliphatic heterocycles. The van der Waals surface area contributed by atoms with Crippen LogP contribution in [0.25, 0.3) is 75.2 Å². The number of furan rings is 2. The first kappa shape index (κ1) is 32.7. The van der Waals surface area contributed by atoms with Gasteiger partial charge in [0.05, 0.1) is 5.41 Å². The molecule has 1 aliphatic carbocycles. The summed E-state index contributed by atoms with van der Waals surface area (Å²) in [5.74, 6) is 0. The van der Waals surface area contributed by atoms with Gasteiger partial charge in [-0.3, -0.25) is 0 Å². The van der Waals surface area contributed by atoms with E-state index in [0.717, 1.165) is 60.9 Å². The van der Waals surface area contributed by atoms with Crippen molar-refractivity contribution in [3.8, 4) is 11.1 Å². The van der Waals surface area contributed by atoms with E-state index in [2.05, 4.69) is 181 Å². The van der Waals surface area contributed by atoms with Crippen LogP contribution in [0.4, 0.5) is 17.1 Å². The fourth-order valence-corrected chi connectivity index (χ4v) is 11.1. The lowest BCUT2D eigenvalue weighted by molar-refractivity contribution is 0.669. The molecule has 0 atom stereocenters. The Morgan fingerprint density at radius 3 is 1.42 bits per heavy atom. The largest absolute Gasteiger partial charge is 0.456 e. The smallest absolute Gasteiger partial charge is 0.137 e. The molecule has 0 amide bonds. The average molecular weight is 772 g/mol. The van der Waals surface area contributed by atoms with Gasteiger partial charge in [0.25, 0.3) is 0 Å². The number of anilines is 3. The highest BCUT2D eigenvalue weighted by Gasteiger charge is 2.46. The van der Waals surface area contributed by atoms with Gasteiger partial charge in [0.15, 0.2) is 0 Å². The van der Waals surface area contributed by atoms with Crippen LogP contribution in [0.15, 0.2) is 209 Å². The van der Waals surface area contributed by atoms with E-state index in [9.17, 15) is 0 Å². The van der Waals surface area contributed by atoms with E-state index >= 15 is 0 Å². The van der Waals surface area contributed by atoms with Gasteiger partial charge in [0, 0.05) is 70.9 Å². The third kappa shape index (κ3) is 4.63. The molecule has 1 aliphatic rings. The molecule has 0 fully saturated rings. The molecule has 4 heteroatoms. The average Bonchev–Trinajstić information content (AvgIpc) is 4.04. The predicted molar refractivity (Wildman–Crippen MR) is 246 cm³/mol. The summed E-state index contributed by atoms with van der Waals surface area (Å²) in [5.41, 5.74) is 13.6. The normalized spacial score (nSPS) is 13.2. The molecule has 3 nitrogen and oxygen atoms in total. The number of benzene rings is 9. The van der Waals surface area contributed by atoms with Gasteiger partial charge in [0.1, 0.15) is 22.3 Å². The summed E-state index contributed by atoms with van der Waals surface area (Å²) >= 11 is 1.87. The number of nitrogens with zero attached hydrogens (tertiary/aromatic N) is 1. The SMILES string of the molecule is c1ccc2c(c1)-c1ccccc1C2(c1ccc(N(c2ccc3c(c2)oc2ccccc23)c2ccc3c(c2)oc2ccccc23)cc1)c1ccc2c(c1)sc1ccccc12. The van der Waals surface area contributed by atoms with Crippen molar-refractivity contribution in [3.05, 3.63) is 222 Å². The molecule has 13 rings (SSSR count). The molecule has 0 saturated carbocycles. The highest BCUT2D eigenvalue weighted by Crippen LogP contribution is 2.57. The van der Waals surface area contributed by atoms with Gasteiger partial charge in [0.2, 0.25) is 0 Å². The van der Waals surface area contributed by atoms with Gasteiger partial charge in [-0.15, -0.1) is 11.3 Å². The molecule has 9 aromatic carbocycles. The molecule has 0 unspecified atom stereocenters. The van der Waals surface area contributed by atoms with Crippen LogP contribution in [0, 0.1) is 0 Å². The zero-order valence-electron chi connectivity index (χ0n) is 31.7. The first-order chi connectivity index (χ1) is 29.2.